The van der Waals surface area contributed by atoms with Gasteiger partial charge in [-0.15, -0.1) is 0 Å². The van der Waals surface area contributed by atoms with Gasteiger partial charge in [-0.05, 0) is 36.8 Å². The van der Waals surface area contributed by atoms with Crippen molar-refractivity contribution in [1.82, 2.24) is 4.98 Å². The van der Waals surface area contributed by atoms with Gasteiger partial charge in [0.15, 0.2) is 11.5 Å². The second-order valence-electron chi connectivity index (χ2n) is 5.38. The molecule has 0 fully saturated rings. The number of benzene rings is 1. The highest BCUT2D eigenvalue weighted by molar-refractivity contribution is 6.16. The van der Waals surface area contributed by atoms with E-state index in [1.54, 1.807) is 49.7 Å². The minimum Gasteiger partial charge on any atom is -0.503 e. The number of nitrogens with zero attached hydrogens (tertiary/aromatic N) is 2. The van der Waals surface area contributed by atoms with Gasteiger partial charge in [0.05, 0.1) is 30.6 Å². The van der Waals surface area contributed by atoms with E-state index in [2.05, 4.69) is 4.98 Å². The van der Waals surface area contributed by atoms with Crippen LogP contribution in [0.5, 0.6) is 5.75 Å². The van der Waals surface area contributed by atoms with Crippen molar-refractivity contribution in [3.8, 4) is 5.75 Å². The average Bonchev–Trinajstić information content (AvgIpc) is 2.87. The van der Waals surface area contributed by atoms with Crippen molar-refractivity contribution in [1.29, 1.82) is 0 Å². The summed E-state index contributed by atoms with van der Waals surface area (Å²) in [4.78, 5) is 30.0. The average molecular weight is 324 g/mol. The van der Waals surface area contributed by atoms with Crippen molar-refractivity contribution >= 4 is 17.4 Å². The number of anilines is 1. The molecule has 0 unspecified atom stereocenters. The van der Waals surface area contributed by atoms with Crippen molar-refractivity contribution in [3.05, 3.63) is 65.7 Å². The third-order valence-electron chi connectivity index (χ3n) is 3.94. The van der Waals surface area contributed by atoms with E-state index in [4.69, 9.17) is 4.74 Å². The van der Waals surface area contributed by atoms with Crippen molar-refractivity contribution in [2.45, 2.75) is 13.0 Å². The van der Waals surface area contributed by atoms with E-state index in [0.717, 1.165) is 0 Å². The third kappa shape index (κ3) is 2.52. The molecule has 0 radical (unpaired) electrons. The van der Waals surface area contributed by atoms with Crippen LogP contribution in [0.15, 0.2) is 60.1 Å². The van der Waals surface area contributed by atoms with Gasteiger partial charge in [0.1, 0.15) is 5.75 Å². The number of pyridine rings is 1. The number of carbonyl (C=O) groups is 2. The molecule has 2 aromatic rings. The quantitative estimate of drug-likeness (QED) is 0.935. The number of aromatic nitrogens is 1. The fraction of sp³-hybridized carbons (Fsp3) is 0.167. The Bertz CT molecular complexity index is 813. The Balaban J connectivity index is 2.14. The SMILES string of the molecule is COc1ccc([C@H]2C(C(C)=O)=C(O)C(=O)N2c2cccnc2)cc1. The zero-order chi connectivity index (χ0) is 17.3. The number of amides is 1. The van der Waals surface area contributed by atoms with Gasteiger partial charge in [-0.1, -0.05) is 12.1 Å². The van der Waals surface area contributed by atoms with Crippen molar-refractivity contribution in [3.63, 3.8) is 0 Å². The number of hydrogen-bond donors (Lipinski definition) is 1. The molecule has 6 nitrogen and oxygen atoms in total. The largest absolute Gasteiger partial charge is 0.503 e. The predicted octanol–water partition coefficient (Wildman–Crippen LogP) is 2.58. The number of ether oxygens (including phenoxy) is 1. The minimum atomic E-state index is -0.704. The number of methoxy groups -OCH3 is 1. The lowest BCUT2D eigenvalue weighted by molar-refractivity contribution is -0.117. The van der Waals surface area contributed by atoms with Gasteiger partial charge in [-0.3, -0.25) is 19.5 Å². The zero-order valence-electron chi connectivity index (χ0n) is 13.3. The normalized spacial score (nSPS) is 17.3. The van der Waals surface area contributed by atoms with Gasteiger partial charge < -0.3 is 9.84 Å². The Morgan fingerprint density at radius 3 is 2.50 bits per heavy atom. The summed E-state index contributed by atoms with van der Waals surface area (Å²) >= 11 is 0. The van der Waals surface area contributed by atoms with Gasteiger partial charge in [0, 0.05) is 6.20 Å². The summed E-state index contributed by atoms with van der Waals surface area (Å²) < 4.78 is 5.14. The second-order valence-corrected chi connectivity index (χ2v) is 5.38. The molecule has 1 aromatic carbocycles. The number of carbonyl (C=O) groups excluding carboxylic acids is 2. The van der Waals surface area contributed by atoms with Crippen LogP contribution in [0.2, 0.25) is 0 Å². The van der Waals surface area contributed by atoms with Crippen LogP contribution in [-0.4, -0.2) is 28.9 Å². The highest BCUT2D eigenvalue weighted by atomic mass is 16.5. The first kappa shape index (κ1) is 15.7. The molecule has 6 heteroatoms. The summed E-state index contributed by atoms with van der Waals surface area (Å²) in [6.45, 7) is 1.34. The number of aliphatic hydroxyl groups excluding tert-OH is 1. The predicted molar refractivity (Wildman–Crippen MR) is 87.8 cm³/mol. The smallest absolute Gasteiger partial charge is 0.294 e. The molecule has 1 amide bonds. The highest BCUT2D eigenvalue weighted by Gasteiger charge is 2.43. The molecule has 1 aliphatic rings. The topological polar surface area (TPSA) is 79.7 Å². The Hall–Kier alpha value is -3.15. The summed E-state index contributed by atoms with van der Waals surface area (Å²) in [5, 5.41) is 10.2. The molecule has 122 valence electrons. The maximum absolute atomic E-state index is 12.5. The van der Waals surface area contributed by atoms with Gasteiger partial charge in [0.25, 0.3) is 5.91 Å². The van der Waals surface area contributed by atoms with E-state index in [1.165, 1.54) is 18.0 Å². The third-order valence-corrected chi connectivity index (χ3v) is 3.94. The van der Waals surface area contributed by atoms with Gasteiger partial charge in [-0.25, -0.2) is 0 Å². The van der Waals surface area contributed by atoms with Gasteiger partial charge in [-0.2, -0.15) is 0 Å². The Morgan fingerprint density at radius 2 is 1.96 bits per heavy atom. The first-order valence-electron chi connectivity index (χ1n) is 7.36. The van der Waals surface area contributed by atoms with Gasteiger partial charge in [0.2, 0.25) is 0 Å². The molecule has 0 aliphatic carbocycles. The molecule has 3 rings (SSSR count). The van der Waals surface area contributed by atoms with Crippen LogP contribution in [-0.2, 0) is 9.59 Å². The van der Waals surface area contributed by atoms with E-state index < -0.39 is 17.7 Å². The Morgan fingerprint density at radius 1 is 1.25 bits per heavy atom. The monoisotopic (exact) mass is 324 g/mol. The Labute approximate surface area is 139 Å². The number of rotatable bonds is 4. The summed E-state index contributed by atoms with van der Waals surface area (Å²) in [6, 6.07) is 9.71. The zero-order valence-corrected chi connectivity index (χ0v) is 13.3. The van der Waals surface area contributed by atoms with E-state index in [9.17, 15) is 14.7 Å². The van der Waals surface area contributed by atoms with E-state index in [0.29, 0.717) is 17.0 Å². The number of aliphatic hydroxyl groups is 1. The van der Waals surface area contributed by atoms with Crippen LogP contribution in [0, 0.1) is 0 Å². The lowest BCUT2D eigenvalue weighted by atomic mass is 9.96. The Kier molecular flexibility index (Phi) is 4.04. The molecule has 0 saturated carbocycles. The maximum Gasteiger partial charge on any atom is 0.294 e. The molecule has 0 saturated heterocycles. The van der Waals surface area contributed by atoms with Crippen LogP contribution in [0.25, 0.3) is 0 Å². The van der Waals surface area contributed by atoms with Crippen LogP contribution in [0.4, 0.5) is 5.69 Å². The number of ketones is 1. The molecular weight excluding hydrogens is 308 g/mol. The summed E-state index contributed by atoms with van der Waals surface area (Å²) in [7, 11) is 1.56. The standard InChI is InChI=1S/C18H16N2O4/c1-11(21)15-16(12-5-7-14(24-2)8-6-12)20(18(23)17(15)22)13-4-3-9-19-10-13/h3-10,16,22H,1-2H3/t16-/m0/s1. The first-order chi connectivity index (χ1) is 11.5. The van der Waals surface area contributed by atoms with Crippen LogP contribution in [0.1, 0.15) is 18.5 Å². The summed E-state index contributed by atoms with van der Waals surface area (Å²) in [6.07, 6.45) is 3.11. The van der Waals surface area contributed by atoms with Crippen molar-refractivity contribution in [2.75, 3.05) is 12.0 Å². The van der Waals surface area contributed by atoms with E-state index in [1.807, 2.05) is 0 Å². The lowest BCUT2D eigenvalue weighted by Crippen LogP contribution is -2.30. The molecule has 1 aromatic heterocycles. The second kappa shape index (κ2) is 6.16. The van der Waals surface area contributed by atoms with Crippen molar-refractivity contribution < 1.29 is 19.4 Å². The van der Waals surface area contributed by atoms with Crippen LogP contribution >= 0.6 is 0 Å². The highest BCUT2D eigenvalue weighted by Crippen LogP contribution is 2.40. The molecule has 1 N–H and O–H groups in total. The molecular formula is C18H16N2O4. The summed E-state index contributed by atoms with van der Waals surface area (Å²) in [5.74, 6) is -0.831. The van der Waals surface area contributed by atoms with Gasteiger partial charge >= 0.3 is 0 Å². The fourth-order valence-electron chi connectivity index (χ4n) is 2.83. The molecule has 1 aliphatic heterocycles. The van der Waals surface area contributed by atoms with E-state index in [-0.39, 0.29) is 11.4 Å². The minimum absolute atomic E-state index is 0.0778. The number of Topliss-reactive ketones (excluding diaryl/α,β-unsaturated/α-hetero) is 1. The molecule has 0 spiro atoms. The molecule has 24 heavy (non-hydrogen) atoms. The molecule has 1 atom stereocenters. The van der Waals surface area contributed by atoms with Crippen molar-refractivity contribution in [2.24, 2.45) is 0 Å². The summed E-state index contributed by atoms with van der Waals surface area (Å²) in [5.41, 5.74) is 1.28. The fourth-order valence-corrected chi connectivity index (χ4v) is 2.83. The molecule has 0 bridgehead atoms. The van der Waals surface area contributed by atoms with Crippen LogP contribution < -0.4 is 9.64 Å². The van der Waals surface area contributed by atoms with E-state index >= 15 is 0 Å². The first-order valence-corrected chi connectivity index (χ1v) is 7.36. The molecule has 2 heterocycles. The van der Waals surface area contributed by atoms with Crippen LogP contribution in [0.3, 0.4) is 0 Å². The number of hydrogen-bond acceptors (Lipinski definition) is 5. The maximum atomic E-state index is 12.5. The lowest BCUT2D eigenvalue weighted by Gasteiger charge is -2.26.